The summed E-state index contributed by atoms with van der Waals surface area (Å²) in [5.41, 5.74) is 2.67. The number of nitrogens with two attached hydrogens (primary N) is 1. The second-order valence-electron chi connectivity index (χ2n) is 6.53. The Morgan fingerprint density at radius 2 is 1.91 bits per heavy atom. The van der Waals surface area contributed by atoms with Gasteiger partial charge in [-0.3, -0.25) is 4.90 Å². The van der Waals surface area contributed by atoms with Crippen LogP contribution in [0, 0.1) is 0 Å². The van der Waals surface area contributed by atoms with Crippen molar-refractivity contribution in [3.8, 4) is 0 Å². The lowest BCUT2D eigenvalue weighted by atomic mass is 9.91. The highest BCUT2D eigenvalue weighted by Crippen LogP contribution is 2.43. The molecule has 0 radical (unpaired) electrons. The first-order valence-corrected chi connectivity index (χ1v) is 7.29. The highest BCUT2D eigenvalue weighted by atomic mass is 19.3. The number of hydrogen-bond acceptors (Lipinski definition) is 5. The van der Waals surface area contributed by atoms with E-state index in [0.29, 0.717) is 0 Å². The van der Waals surface area contributed by atoms with Crippen molar-refractivity contribution in [2.24, 2.45) is 5.73 Å². The molecule has 0 bridgehead atoms. The minimum absolute atomic E-state index is 0.119. The van der Waals surface area contributed by atoms with E-state index in [-0.39, 0.29) is 13.0 Å². The van der Waals surface area contributed by atoms with E-state index >= 15 is 0 Å². The highest BCUT2D eigenvalue weighted by molar-refractivity contribution is 5.87. The molecule has 6 nitrogen and oxygen atoms in total. The van der Waals surface area contributed by atoms with Gasteiger partial charge in [-0.15, -0.1) is 0 Å². The van der Waals surface area contributed by atoms with Crippen molar-refractivity contribution in [1.82, 2.24) is 4.90 Å². The maximum atomic E-state index is 14.0. The molecule has 23 heavy (non-hydrogen) atoms. The van der Waals surface area contributed by atoms with Crippen molar-refractivity contribution in [3.63, 3.8) is 0 Å². The van der Waals surface area contributed by atoms with Gasteiger partial charge in [0.15, 0.2) is 5.54 Å². The third-order valence-electron chi connectivity index (χ3n) is 3.39. The number of esters is 1. The lowest BCUT2D eigenvalue weighted by molar-refractivity contribution is -0.153. The Balaban J connectivity index is 3.22. The van der Waals surface area contributed by atoms with Gasteiger partial charge in [-0.1, -0.05) is 12.2 Å². The molecule has 0 aromatic rings. The predicted molar refractivity (Wildman–Crippen MR) is 80.1 cm³/mol. The molecular weight excluding hydrogens is 310 g/mol. The summed E-state index contributed by atoms with van der Waals surface area (Å²) in [6, 6.07) is 0. The number of hydrogen-bond donors (Lipinski definition) is 1. The van der Waals surface area contributed by atoms with E-state index in [1.807, 2.05) is 0 Å². The number of nitrogens with zero attached hydrogens (tertiary/aromatic N) is 1. The van der Waals surface area contributed by atoms with Gasteiger partial charge < -0.3 is 15.2 Å². The molecule has 1 heterocycles. The number of likely N-dealkylation sites (tertiary alicyclic amines) is 1. The standard InChI is InChI=1S/C15H24F2N2O4/c1-13(2,3)23-12(21)19-10-15(16,17)9-14(19,11(20)22-4)7-5-6-8-18/h5-6H,7-10,18H2,1-4H3/b6-5-. The maximum absolute atomic E-state index is 14.0. The fourth-order valence-electron chi connectivity index (χ4n) is 2.53. The van der Waals surface area contributed by atoms with Crippen LogP contribution in [0.15, 0.2) is 12.2 Å². The molecule has 1 aliphatic rings. The van der Waals surface area contributed by atoms with Crippen molar-refractivity contribution in [2.75, 3.05) is 20.2 Å². The lowest BCUT2D eigenvalue weighted by Crippen LogP contribution is -2.54. The Labute approximate surface area is 134 Å². The normalized spacial score (nSPS) is 24.0. The third-order valence-corrected chi connectivity index (χ3v) is 3.39. The number of methoxy groups -OCH3 is 1. The van der Waals surface area contributed by atoms with Crippen LogP contribution in [0.25, 0.3) is 0 Å². The fourth-order valence-corrected chi connectivity index (χ4v) is 2.53. The quantitative estimate of drug-likeness (QED) is 0.629. The molecule has 2 N–H and O–H groups in total. The van der Waals surface area contributed by atoms with E-state index in [0.717, 1.165) is 12.0 Å². The number of amides is 1. The maximum Gasteiger partial charge on any atom is 0.411 e. The summed E-state index contributed by atoms with van der Waals surface area (Å²) in [7, 11) is 1.10. The Bertz CT molecular complexity index is 488. The number of ether oxygens (including phenoxy) is 2. The number of alkyl halides is 2. The van der Waals surface area contributed by atoms with Crippen LogP contribution in [0.3, 0.4) is 0 Å². The Morgan fingerprint density at radius 3 is 2.39 bits per heavy atom. The number of carbonyl (C=O) groups excluding carboxylic acids is 2. The zero-order valence-electron chi connectivity index (χ0n) is 13.9. The van der Waals surface area contributed by atoms with Crippen LogP contribution in [0.2, 0.25) is 0 Å². The average Bonchev–Trinajstić information content (AvgIpc) is 2.69. The molecule has 0 aromatic heterocycles. The topological polar surface area (TPSA) is 81.9 Å². The fraction of sp³-hybridized carbons (Fsp3) is 0.733. The minimum Gasteiger partial charge on any atom is -0.467 e. The van der Waals surface area contributed by atoms with E-state index in [1.165, 1.54) is 12.2 Å². The van der Waals surface area contributed by atoms with Crippen LogP contribution in [-0.4, -0.2) is 54.2 Å². The van der Waals surface area contributed by atoms with Crippen molar-refractivity contribution in [2.45, 2.75) is 50.7 Å². The summed E-state index contributed by atoms with van der Waals surface area (Å²) in [5.74, 6) is -4.11. The SMILES string of the molecule is COC(=O)C1(C/C=C\CN)CC(F)(F)CN1C(=O)OC(C)(C)C. The van der Waals surface area contributed by atoms with Crippen LogP contribution >= 0.6 is 0 Å². The van der Waals surface area contributed by atoms with Crippen molar-refractivity contribution < 1.29 is 27.8 Å². The smallest absolute Gasteiger partial charge is 0.411 e. The van der Waals surface area contributed by atoms with Crippen molar-refractivity contribution >= 4 is 12.1 Å². The molecule has 1 saturated heterocycles. The third kappa shape index (κ3) is 4.63. The predicted octanol–water partition coefficient (Wildman–Crippen LogP) is 2.08. The van der Waals surface area contributed by atoms with Crippen LogP contribution in [0.1, 0.15) is 33.6 Å². The van der Waals surface area contributed by atoms with E-state index < -0.39 is 42.1 Å². The monoisotopic (exact) mass is 334 g/mol. The molecule has 0 saturated carbocycles. The molecule has 1 atom stereocenters. The summed E-state index contributed by atoms with van der Waals surface area (Å²) >= 11 is 0. The largest absolute Gasteiger partial charge is 0.467 e. The summed E-state index contributed by atoms with van der Waals surface area (Å²) in [4.78, 5) is 25.3. The van der Waals surface area contributed by atoms with Gasteiger partial charge in [0.05, 0.1) is 13.7 Å². The zero-order valence-corrected chi connectivity index (χ0v) is 13.9. The van der Waals surface area contributed by atoms with E-state index in [1.54, 1.807) is 20.8 Å². The summed E-state index contributed by atoms with van der Waals surface area (Å²) < 4.78 is 37.8. The van der Waals surface area contributed by atoms with Gasteiger partial charge in [0, 0.05) is 13.0 Å². The second-order valence-corrected chi connectivity index (χ2v) is 6.53. The van der Waals surface area contributed by atoms with E-state index in [9.17, 15) is 18.4 Å². The number of carbonyl (C=O) groups is 2. The van der Waals surface area contributed by atoms with E-state index in [4.69, 9.17) is 10.5 Å². The molecular formula is C15H24F2N2O4. The van der Waals surface area contributed by atoms with Crippen LogP contribution in [0.4, 0.5) is 13.6 Å². The molecule has 1 rings (SSSR count). The average molecular weight is 334 g/mol. The molecule has 0 spiro atoms. The van der Waals surface area contributed by atoms with Gasteiger partial charge in [0.2, 0.25) is 0 Å². The lowest BCUT2D eigenvalue weighted by Gasteiger charge is -2.35. The highest BCUT2D eigenvalue weighted by Gasteiger charge is 2.61. The zero-order chi connectivity index (χ0) is 17.9. The van der Waals surface area contributed by atoms with E-state index in [2.05, 4.69) is 4.74 Å². The van der Waals surface area contributed by atoms with Gasteiger partial charge in [-0.05, 0) is 27.2 Å². The second kappa shape index (κ2) is 6.82. The summed E-state index contributed by atoms with van der Waals surface area (Å²) in [6.07, 6.45) is 1.12. The van der Waals surface area contributed by atoms with Gasteiger partial charge in [-0.25, -0.2) is 18.4 Å². The summed E-state index contributed by atoms with van der Waals surface area (Å²) in [5, 5.41) is 0. The summed E-state index contributed by atoms with van der Waals surface area (Å²) in [6.45, 7) is 4.15. The van der Waals surface area contributed by atoms with Crippen molar-refractivity contribution in [1.29, 1.82) is 0 Å². The first-order chi connectivity index (χ1) is 10.5. The molecule has 132 valence electrons. The molecule has 1 unspecified atom stereocenters. The molecule has 8 heteroatoms. The van der Waals surface area contributed by atoms with Crippen molar-refractivity contribution in [3.05, 3.63) is 12.2 Å². The Hall–Kier alpha value is -1.70. The molecule has 1 aliphatic heterocycles. The number of rotatable bonds is 4. The first kappa shape index (κ1) is 19.3. The van der Waals surface area contributed by atoms with Crippen LogP contribution in [0.5, 0.6) is 0 Å². The first-order valence-electron chi connectivity index (χ1n) is 7.29. The van der Waals surface area contributed by atoms with Gasteiger partial charge in [-0.2, -0.15) is 0 Å². The molecule has 0 aliphatic carbocycles. The molecule has 1 fully saturated rings. The van der Waals surface area contributed by atoms with Gasteiger partial charge >= 0.3 is 12.1 Å². The minimum atomic E-state index is -3.21. The van der Waals surface area contributed by atoms with Crippen LogP contribution in [-0.2, 0) is 14.3 Å². The van der Waals surface area contributed by atoms with Gasteiger partial charge in [0.25, 0.3) is 5.92 Å². The molecule has 1 amide bonds. The Morgan fingerprint density at radius 1 is 1.30 bits per heavy atom. The van der Waals surface area contributed by atoms with Gasteiger partial charge in [0.1, 0.15) is 5.60 Å². The van der Waals surface area contributed by atoms with Crippen LogP contribution < -0.4 is 5.73 Å². The molecule has 0 aromatic carbocycles. The Kier molecular flexibility index (Phi) is 5.74. The number of halogens is 2.